The molecule has 1 aliphatic rings. The molecule has 0 unspecified atom stereocenters. The smallest absolute Gasteiger partial charge is 0.222 e. The molecule has 0 radical (unpaired) electrons. The van der Waals surface area contributed by atoms with Crippen molar-refractivity contribution in [1.82, 2.24) is 14.8 Å². The van der Waals surface area contributed by atoms with Crippen molar-refractivity contribution in [1.29, 1.82) is 0 Å². The summed E-state index contributed by atoms with van der Waals surface area (Å²) in [6.07, 6.45) is 2.60. The van der Waals surface area contributed by atoms with E-state index >= 15 is 0 Å². The molecule has 0 saturated heterocycles. The van der Waals surface area contributed by atoms with Crippen LogP contribution in [0.5, 0.6) is 0 Å². The highest BCUT2D eigenvalue weighted by Gasteiger charge is 2.30. The fourth-order valence-electron chi connectivity index (χ4n) is 3.60. The van der Waals surface area contributed by atoms with Crippen molar-refractivity contribution in [2.75, 3.05) is 5.32 Å². The lowest BCUT2D eigenvalue weighted by Gasteiger charge is -2.32. The first kappa shape index (κ1) is 14.9. The highest BCUT2D eigenvalue weighted by Crippen LogP contribution is 2.38. The van der Waals surface area contributed by atoms with Crippen molar-refractivity contribution < 1.29 is 0 Å². The van der Waals surface area contributed by atoms with Crippen molar-refractivity contribution >= 4 is 5.95 Å². The van der Waals surface area contributed by atoms with Gasteiger partial charge in [-0.25, -0.2) is 4.68 Å². The van der Waals surface area contributed by atoms with Crippen molar-refractivity contribution in [3.63, 3.8) is 0 Å². The predicted octanol–water partition coefficient (Wildman–Crippen LogP) is 4.35. The van der Waals surface area contributed by atoms with E-state index in [1.54, 1.807) is 6.33 Å². The van der Waals surface area contributed by atoms with Gasteiger partial charge >= 0.3 is 0 Å². The van der Waals surface area contributed by atoms with Gasteiger partial charge in [0.1, 0.15) is 6.33 Å². The molecule has 1 N–H and O–H groups in total. The fraction of sp³-hybridized carbons (Fsp3) is 0.300. The fourth-order valence-corrected chi connectivity index (χ4v) is 3.60. The number of benzene rings is 2. The van der Waals surface area contributed by atoms with Crippen LogP contribution >= 0.6 is 0 Å². The second-order valence-electron chi connectivity index (χ2n) is 6.75. The third-order valence-corrected chi connectivity index (χ3v) is 4.89. The molecule has 24 heavy (non-hydrogen) atoms. The zero-order chi connectivity index (χ0) is 16.7. The molecule has 0 amide bonds. The third-order valence-electron chi connectivity index (χ3n) is 4.89. The second kappa shape index (κ2) is 5.78. The van der Waals surface area contributed by atoms with Gasteiger partial charge in [0.2, 0.25) is 5.95 Å². The summed E-state index contributed by atoms with van der Waals surface area (Å²) in [6, 6.07) is 15.9. The molecular formula is C20H22N4. The molecule has 1 aliphatic heterocycles. The normalized spacial score (nSPS) is 19.6. The van der Waals surface area contributed by atoms with E-state index in [1.807, 2.05) is 4.68 Å². The Morgan fingerprint density at radius 2 is 1.75 bits per heavy atom. The molecule has 1 aromatic heterocycles. The molecular weight excluding hydrogens is 296 g/mol. The van der Waals surface area contributed by atoms with Crippen LogP contribution in [0.15, 0.2) is 48.8 Å². The first-order chi connectivity index (χ1) is 11.6. The predicted molar refractivity (Wildman–Crippen MR) is 96.2 cm³/mol. The molecule has 0 spiro atoms. The Hall–Kier alpha value is -2.62. The van der Waals surface area contributed by atoms with Crippen molar-refractivity contribution in [3.05, 3.63) is 76.6 Å². The Balaban J connectivity index is 1.75. The monoisotopic (exact) mass is 318 g/mol. The standard InChI is InChI=1S/C20H22N4/c1-13-4-7-16(8-5-13)18-11-19(24-20(23-18)21-12-22-24)17-9-6-14(2)10-15(17)3/h4-10,12,18-19H,11H2,1-3H3,(H,21,22,23)/t18-,19+/m1/s1. The van der Waals surface area contributed by atoms with Crippen LogP contribution < -0.4 is 5.32 Å². The Morgan fingerprint density at radius 3 is 2.50 bits per heavy atom. The van der Waals surface area contributed by atoms with E-state index in [4.69, 9.17) is 0 Å². The summed E-state index contributed by atoms with van der Waals surface area (Å²) in [5, 5.41) is 8.00. The minimum absolute atomic E-state index is 0.204. The average molecular weight is 318 g/mol. The van der Waals surface area contributed by atoms with Crippen molar-refractivity contribution in [3.8, 4) is 0 Å². The van der Waals surface area contributed by atoms with E-state index in [-0.39, 0.29) is 12.1 Å². The summed E-state index contributed by atoms with van der Waals surface area (Å²) < 4.78 is 2.02. The number of nitrogens with one attached hydrogen (secondary N) is 1. The van der Waals surface area contributed by atoms with E-state index < -0.39 is 0 Å². The van der Waals surface area contributed by atoms with Crippen LogP contribution in [-0.4, -0.2) is 14.8 Å². The quantitative estimate of drug-likeness (QED) is 0.764. The van der Waals surface area contributed by atoms with E-state index in [2.05, 4.69) is 78.6 Å². The lowest BCUT2D eigenvalue weighted by Crippen LogP contribution is -2.28. The molecule has 3 aromatic rings. The minimum Gasteiger partial charge on any atom is -0.348 e. The van der Waals surface area contributed by atoms with Crippen LogP contribution in [0.2, 0.25) is 0 Å². The number of nitrogens with zero attached hydrogens (tertiary/aromatic N) is 3. The molecule has 4 heteroatoms. The largest absolute Gasteiger partial charge is 0.348 e. The van der Waals surface area contributed by atoms with Gasteiger partial charge in [-0.05, 0) is 43.9 Å². The maximum atomic E-state index is 4.46. The highest BCUT2D eigenvalue weighted by atomic mass is 15.4. The lowest BCUT2D eigenvalue weighted by atomic mass is 9.90. The van der Waals surface area contributed by atoms with Crippen LogP contribution in [0.1, 0.15) is 46.3 Å². The minimum atomic E-state index is 0.204. The number of hydrogen-bond donors (Lipinski definition) is 1. The molecule has 4 rings (SSSR count). The highest BCUT2D eigenvalue weighted by molar-refractivity contribution is 5.41. The summed E-state index contributed by atoms with van der Waals surface area (Å²) in [7, 11) is 0. The number of anilines is 1. The maximum Gasteiger partial charge on any atom is 0.222 e. The third kappa shape index (κ3) is 2.58. The summed E-state index contributed by atoms with van der Waals surface area (Å²) in [4.78, 5) is 4.41. The van der Waals surface area contributed by atoms with Gasteiger partial charge in [0.15, 0.2) is 0 Å². The molecule has 122 valence electrons. The second-order valence-corrected chi connectivity index (χ2v) is 6.75. The number of fused-ring (bicyclic) bond motifs is 1. The zero-order valence-corrected chi connectivity index (χ0v) is 14.3. The summed E-state index contributed by atoms with van der Waals surface area (Å²) in [5.41, 5.74) is 6.50. The summed E-state index contributed by atoms with van der Waals surface area (Å²) >= 11 is 0. The Kier molecular flexibility index (Phi) is 3.60. The molecule has 2 heterocycles. The van der Waals surface area contributed by atoms with Gasteiger partial charge in [-0.1, -0.05) is 53.6 Å². The van der Waals surface area contributed by atoms with Gasteiger partial charge in [0, 0.05) is 0 Å². The number of hydrogen-bond acceptors (Lipinski definition) is 3. The van der Waals surface area contributed by atoms with Crippen molar-refractivity contribution in [2.24, 2.45) is 0 Å². The SMILES string of the molecule is Cc1ccc([C@H]2C[C@@H](c3ccc(C)cc3C)n3ncnc3N2)cc1. The Labute approximate surface area is 142 Å². The van der Waals surface area contributed by atoms with E-state index in [0.717, 1.165) is 12.4 Å². The van der Waals surface area contributed by atoms with Crippen LogP contribution in [0.3, 0.4) is 0 Å². The number of rotatable bonds is 2. The van der Waals surface area contributed by atoms with E-state index in [9.17, 15) is 0 Å². The summed E-state index contributed by atoms with van der Waals surface area (Å²) in [5.74, 6) is 0.844. The lowest BCUT2D eigenvalue weighted by molar-refractivity contribution is 0.429. The number of aryl methyl sites for hydroxylation is 3. The van der Waals surface area contributed by atoms with Gasteiger partial charge in [-0.2, -0.15) is 10.1 Å². The average Bonchev–Trinajstić information content (AvgIpc) is 3.03. The van der Waals surface area contributed by atoms with E-state index in [0.29, 0.717) is 0 Å². The molecule has 2 atom stereocenters. The van der Waals surface area contributed by atoms with Crippen LogP contribution in [0.4, 0.5) is 5.95 Å². The summed E-state index contributed by atoms with van der Waals surface area (Å²) in [6.45, 7) is 6.43. The van der Waals surface area contributed by atoms with Gasteiger partial charge in [-0.15, -0.1) is 0 Å². The molecule has 2 aromatic carbocycles. The van der Waals surface area contributed by atoms with Gasteiger partial charge in [0.25, 0.3) is 0 Å². The van der Waals surface area contributed by atoms with Gasteiger partial charge in [0.05, 0.1) is 12.1 Å². The Bertz CT molecular complexity index is 864. The molecule has 0 saturated carbocycles. The Morgan fingerprint density at radius 1 is 1.00 bits per heavy atom. The maximum absolute atomic E-state index is 4.46. The van der Waals surface area contributed by atoms with Crippen LogP contribution in [0, 0.1) is 20.8 Å². The van der Waals surface area contributed by atoms with Gasteiger partial charge < -0.3 is 5.32 Å². The first-order valence-corrected chi connectivity index (χ1v) is 8.41. The first-order valence-electron chi connectivity index (χ1n) is 8.41. The molecule has 0 fully saturated rings. The van der Waals surface area contributed by atoms with Gasteiger partial charge in [-0.3, -0.25) is 0 Å². The molecule has 4 nitrogen and oxygen atoms in total. The topological polar surface area (TPSA) is 42.7 Å². The molecule has 0 aliphatic carbocycles. The van der Waals surface area contributed by atoms with Crippen molar-refractivity contribution in [2.45, 2.75) is 39.3 Å². The van der Waals surface area contributed by atoms with Crippen LogP contribution in [0.25, 0.3) is 0 Å². The van der Waals surface area contributed by atoms with Crippen LogP contribution in [-0.2, 0) is 0 Å². The zero-order valence-electron chi connectivity index (χ0n) is 14.3. The van der Waals surface area contributed by atoms with E-state index in [1.165, 1.54) is 27.8 Å². The number of aromatic nitrogens is 3. The molecule has 0 bridgehead atoms.